The maximum atomic E-state index is 12.0. The third-order valence-electron chi connectivity index (χ3n) is 4.29. The van der Waals surface area contributed by atoms with Gasteiger partial charge in [-0.1, -0.05) is 5.18 Å². The van der Waals surface area contributed by atoms with Gasteiger partial charge in [-0.2, -0.15) is 4.91 Å². The fraction of sp³-hybridized carbons (Fsp3) is 0.667. The number of ether oxygens (including phenoxy) is 1. The van der Waals surface area contributed by atoms with Crippen molar-refractivity contribution in [1.82, 2.24) is 14.5 Å². The van der Waals surface area contributed by atoms with E-state index < -0.39 is 35.2 Å². The van der Waals surface area contributed by atoms with E-state index in [0.717, 1.165) is 0 Å². The first kappa shape index (κ1) is 14.1. The number of aliphatic hydroxyl groups is 1. The van der Waals surface area contributed by atoms with E-state index in [1.807, 2.05) is 4.90 Å². The van der Waals surface area contributed by atoms with Gasteiger partial charge in [0.05, 0.1) is 6.04 Å². The van der Waals surface area contributed by atoms with Crippen LogP contribution in [0.5, 0.6) is 0 Å². The molecule has 3 heterocycles. The number of likely N-dealkylation sites (N-methyl/N-ethyl adjacent to an activating group) is 1. The van der Waals surface area contributed by atoms with Crippen molar-refractivity contribution in [3.63, 3.8) is 0 Å². The highest BCUT2D eigenvalue weighted by Crippen LogP contribution is 2.45. The summed E-state index contributed by atoms with van der Waals surface area (Å²) in [5.41, 5.74) is -1.81. The van der Waals surface area contributed by atoms with Crippen LogP contribution >= 0.6 is 0 Å². The molecule has 1 aromatic heterocycles. The molecule has 0 radical (unpaired) electrons. The number of nitroso groups, excluding NO2 is 1. The molecule has 0 aromatic carbocycles. The van der Waals surface area contributed by atoms with Crippen LogP contribution in [0.4, 0.5) is 0 Å². The topological polar surface area (TPSA) is 117 Å². The zero-order chi connectivity index (χ0) is 15.4. The van der Waals surface area contributed by atoms with E-state index in [0.29, 0.717) is 12.1 Å². The molecule has 21 heavy (non-hydrogen) atoms. The second kappa shape index (κ2) is 4.58. The van der Waals surface area contributed by atoms with E-state index in [4.69, 9.17) is 4.74 Å². The number of morpholine rings is 1. The quantitative estimate of drug-likeness (QED) is 0.659. The van der Waals surface area contributed by atoms with Crippen LogP contribution in [-0.2, 0) is 4.74 Å². The average molecular weight is 296 g/mol. The average Bonchev–Trinajstić information content (AvgIpc) is 2.80. The van der Waals surface area contributed by atoms with Gasteiger partial charge in [0.1, 0.15) is 18.2 Å². The predicted molar refractivity (Wildman–Crippen MR) is 72.0 cm³/mol. The largest absolute Gasteiger partial charge is 0.388 e. The van der Waals surface area contributed by atoms with Gasteiger partial charge in [0.15, 0.2) is 6.23 Å². The number of aromatic nitrogens is 2. The van der Waals surface area contributed by atoms with Crippen molar-refractivity contribution in [2.24, 2.45) is 5.18 Å². The Bertz CT molecular complexity index is 698. The minimum Gasteiger partial charge on any atom is -0.388 e. The van der Waals surface area contributed by atoms with Crippen LogP contribution in [-0.4, -0.2) is 57.4 Å². The van der Waals surface area contributed by atoms with Gasteiger partial charge in [-0.15, -0.1) is 0 Å². The lowest BCUT2D eigenvalue weighted by Crippen LogP contribution is -2.48. The standard InChI is InChI=1S/C12H16N4O5/c1-6-3-16(11(19)14-9(6)18)10-7-8(17)12(21-10,4-13-20)5-15(7)2/h3,7-8,10,17H,4-5H2,1-2H3,(H,14,18,19)/t7?,8?,10-,12+/m1/s1. The molecule has 2 bridgehead atoms. The predicted octanol–water partition coefficient (Wildman–Crippen LogP) is -1.45. The number of aromatic amines is 1. The Kier molecular flexibility index (Phi) is 3.08. The summed E-state index contributed by atoms with van der Waals surface area (Å²) in [6.45, 7) is 1.74. The first-order valence-corrected chi connectivity index (χ1v) is 6.57. The van der Waals surface area contributed by atoms with Crippen molar-refractivity contribution in [2.45, 2.75) is 30.9 Å². The van der Waals surface area contributed by atoms with Crippen LogP contribution in [0.2, 0.25) is 0 Å². The van der Waals surface area contributed by atoms with Crippen molar-refractivity contribution >= 4 is 0 Å². The van der Waals surface area contributed by atoms with Crippen LogP contribution in [0.15, 0.2) is 21.0 Å². The lowest BCUT2D eigenvalue weighted by atomic mass is 10.00. The Morgan fingerprint density at radius 3 is 2.95 bits per heavy atom. The van der Waals surface area contributed by atoms with Gasteiger partial charge in [-0.3, -0.25) is 19.2 Å². The zero-order valence-corrected chi connectivity index (χ0v) is 11.6. The number of H-pyrrole nitrogens is 1. The number of aryl methyl sites for hydroxylation is 1. The molecule has 2 aliphatic heterocycles. The van der Waals surface area contributed by atoms with E-state index in [1.54, 1.807) is 14.0 Å². The molecule has 2 fully saturated rings. The number of nitrogens with one attached hydrogen (secondary N) is 1. The molecule has 2 aliphatic rings. The van der Waals surface area contributed by atoms with E-state index in [9.17, 15) is 19.6 Å². The summed E-state index contributed by atoms with van der Waals surface area (Å²) < 4.78 is 7.03. The van der Waals surface area contributed by atoms with Crippen LogP contribution in [0.3, 0.4) is 0 Å². The number of aliphatic hydroxyl groups excluding tert-OH is 1. The van der Waals surface area contributed by atoms with Gasteiger partial charge in [0, 0.05) is 18.3 Å². The molecule has 114 valence electrons. The highest BCUT2D eigenvalue weighted by atomic mass is 16.6. The number of nitrogens with zero attached hydrogens (tertiary/aromatic N) is 3. The SMILES string of the molecule is Cc1cn([C@@H]2O[C@@]3(CN=O)CN(C)C2C3O)c(=O)[nH]c1=O. The summed E-state index contributed by atoms with van der Waals surface area (Å²) in [5, 5.41) is 13.2. The summed E-state index contributed by atoms with van der Waals surface area (Å²) in [7, 11) is 1.78. The number of rotatable bonds is 3. The van der Waals surface area contributed by atoms with Gasteiger partial charge in [0.25, 0.3) is 5.56 Å². The number of fused-ring (bicyclic) bond motifs is 2. The zero-order valence-electron chi connectivity index (χ0n) is 11.6. The van der Waals surface area contributed by atoms with Crippen LogP contribution in [0, 0.1) is 11.8 Å². The summed E-state index contributed by atoms with van der Waals surface area (Å²) in [5.74, 6) is 0. The van der Waals surface area contributed by atoms with Crippen molar-refractivity contribution in [3.05, 3.63) is 37.5 Å². The highest BCUT2D eigenvalue weighted by Gasteiger charge is 2.63. The molecular weight excluding hydrogens is 280 g/mol. The number of hydrogen-bond donors (Lipinski definition) is 2. The fourth-order valence-electron chi connectivity index (χ4n) is 3.25. The van der Waals surface area contributed by atoms with E-state index in [-0.39, 0.29) is 6.54 Å². The summed E-state index contributed by atoms with van der Waals surface area (Å²) in [6.07, 6.45) is -0.303. The minimum absolute atomic E-state index is 0.192. The van der Waals surface area contributed by atoms with E-state index >= 15 is 0 Å². The normalized spacial score (nSPS) is 35.3. The van der Waals surface area contributed by atoms with E-state index in [2.05, 4.69) is 10.2 Å². The smallest absolute Gasteiger partial charge is 0.330 e. The van der Waals surface area contributed by atoms with Crippen molar-refractivity contribution in [2.75, 3.05) is 20.1 Å². The van der Waals surface area contributed by atoms with Gasteiger partial charge < -0.3 is 9.84 Å². The van der Waals surface area contributed by atoms with Crippen molar-refractivity contribution < 1.29 is 9.84 Å². The number of hydrogen-bond acceptors (Lipinski definition) is 7. The van der Waals surface area contributed by atoms with Gasteiger partial charge in [-0.05, 0) is 14.0 Å². The molecule has 0 aliphatic carbocycles. The molecule has 2 saturated heterocycles. The molecule has 4 atom stereocenters. The Labute approximate surface area is 119 Å². The molecular formula is C12H16N4O5. The fourth-order valence-corrected chi connectivity index (χ4v) is 3.25. The summed E-state index contributed by atoms with van der Waals surface area (Å²) in [6, 6.07) is -0.477. The van der Waals surface area contributed by atoms with Gasteiger partial charge >= 0.3 is 5.69 Å². The molecule has 0 spiro atoms. The Morgan fingerprint density at radius 1 is 1.57 bits per heavy atom. The Morgan fingerprint density at radius 2 is 2.29 bits per heavy atom. The monoisotopic (exact) mass is 296 g/mol. The Balaban J connectivity index is 2.06. The third-order valence-corrected chi connectivity index (χ3v) is 4.29. The molecule has 2 unspecified atom stereocenters. The lowest BCUT2D eigenvalue weighted by molar-refractivity contribution is -0.128. The van der Waals surface area contributed by atoms with Crippen LogP contribution < -0.4 is 11.2 Å². The molecule has 0 saturated carbocycles. The lowest BCUT2D eigenvalue weighted by Gasteiger charge is -2.34. The maximum Gasteiger partial charge on any atom is 0.330 e. The summed E-state index contributed by atoms with van der Waals surface area (Å²) in [4.78, 5) is 38.1. The van der Waals surface area contributed by atoms with Gasteiger partial charge in [-0.25, -0.2) is 4.79 Å². The molecule has 3 rings (SSSR count). The van der Waals surface area contributed by atoms with Crippen molar-refractivity contribution in [3.8, 4) is 0 Å². The Hall–Kier alpha value is -1.84. The van der Waals surface area contributed by atoms with Crippen LogP contribution in [0.25, 0.3) is 0 Å². The third kappa shape index (κ3) is 1.88. The molecule has 9 nitrogen and oxygen atoms in total. The second-order valence-corrected chi connectivity index (χ2v) is 5.69. The first-order chi connectivity index (χ1) is 9.89. The first-order valence-electron chi connectivity index (χ1n) is 6.57. The van der Waals surface area contributed by atoms with Crippen LogP contribution in [0.1, 0.15) is 11.8 Å². The van der Waals surface area contributed by atoms with Gasteiger partial charge in [0.2, 0.25) is 0 Å². The van der Waals surface area contributed by atoms with Crippen molar-refractivity contribution in [1.29, 1.82) is 0 Å². The minimum atomic E-state index is -1.10. The molecule has 0 amide bonds. The molecule has 1 aromatic rings. The maximum absolute atomic E-state index is 12.0. The number of likely N-dealkylation sites (tertiary alicyclic amines) is 1. The highest BCUT2D eigenvalue weighted by molar-refractivity contribution is 5.14. The van der Waals surface area contributed by atoms with E-state index in [1.165, 1.54) is 10.8 Å². The molecule has 9 heteroatoms. The summed E-state index contributed by atoms with van der Waals surface area (Å²) >= 11 is 0. The second-order valence-electron chi connectivity index (χ2n) is 5.69. The molecule has 2 N–H and O–H groups in total.